The number of fused-ring (bicyclic) bond motifs is 3. The van der Waals surface area contributed by atoms with Gasteiger partial charge in [-0.3, -0.25) is 0 Å². The highest BCUT2D eigenvalue weighted by molar-refractivity contribution is 9.09. The summed E-state index contributed by atoms with van der Waals surface area (Å²) in [4.78, 5) is 0.126. The van der Waals surface area contributed by atoms with Gasteiger partial charge < -0.3 is 18.9 Å². The Morgan fingerprint density at radius 1 is 1.03 bits per heavy atom. The van der Waals surface area contributed by atoms with Gasteiger partial charge in [-0.1, -0.05) is 58.7 Å². The van der Waals surface area contributed by atoms with Gasteiger partial charge in [0.15, 0.2) is 11.5 Å². The van der Waals surface area contributed by atoms with Crippen LogP contribution in [0.15, 0.2) is 42.5 Å². The molecule has 154 valence electrons. The molecule has 2 aliphatic heterocycles. The van der Waals surface area contributed by atoms with Crippen LogP contribution in [-0.2, 0) is 29.1 Å². The largest absolute Gasteiger partial charge is 0.448 e. The summed E-state index contributed by atoms with van der Waals surface area (Å²) in [6, 6.07) is 14.4. The van der Waals surface area contributed by atoms with Crippen LogP contribution in [0.1, 0.15) is 48.8 Å². The van der Waals surface area contributed by atoms with Crippen molar-refractivity contribution in [2.45, 2.75) is 68.5 Å². The minimum Gasteiger partial charge on any atom is -0.448 e. The molecule has 2 heterocycles. The Kier molecular flexibility index (Phi) is 5.55. The summed E-state index contributed by atoms with van der Waals surface area (Å²) in [5, 5.41) is 0. The Morgan fingerprint density at radius 3 is 2.69 bits per heavy atom. The average molecular weight is 459 g/mol. The van der Waals surface area contributed by atoms with Crippen molar-refractivity contribution in [3.63, 3.8) is 0 Å². The Bertz CT molecular complexity index is 847. The molecule has 1 fully saturated rings. The summed E-state index contributed by atoms with van der Waals surface area (Å²) in [6.07, 6.45) is 6.43. The molecular weight excluding hydrogens is 432 g/mol. The standard InChI is InChI=1S/C24H27BrO4/c25-20(16-26-14-17-7-3-1-4-8-17)22-13-19-18(15-27-22)9-10-21-23(19)29-24(28-21)11-5-2-6-12-24/h1,3-4,7-10,20,22H,2,5-6,11-16H2. The van der Waals surface area contributed by atoms with E-state index in [1.165, 1.54) is 36.0 Å². The first-order valence-corrected chi connectivity index (χ1v) is 11.5. The molecule has 1 saturated carbocycles. The second-order valence-corrected chi connectivity index (χ2v) is 9.45. The normalized spacial score (nSPS) is 23.0. The molecule has 0 aromatic heterocycles. The van der Waals surface area contributed by atoms with Gasteiger partial charge in [-0.05, 0) is 30.0 Å². The third-order valence-electron chi connectivity index (χ3n) is 6.17. The minimum absolute atomic E-state index is 0.0521. The first-order chi connectivity index (χ1) is 14.2. The fraction of sp³-hybridized carbons (Fsp3) is 0.500. The van der Waals surface area contributed by atoms with E-state index >= 15 is 0 Å². The predicted molar refractivity (Wildman–Crippen MR) is 115 cm³/mol. The number of rotatable bonds is 5. The molecule has 0 amide bonds. The molecule has 5 rings (SSSR count). The molecule has 0 saturated heterocycles. The maximum absolute atomic E-state index is 6.48. The Hall–Kier alpha value is -1.56. The van der Waals surface area contributed by atoms with Gasteiger partial charge in [-0.2, -0.15) is 0 Å². The molecule has 2 aromatic rings. The summed E-state index contributed by atoms with van der Waals surface area (Å²) in [7, 11) is 0. The molecule has 2 aromatic carbocycles. The molecule has 2 atom stereocenters. The van der Waals surface area contributed by atoms with Crippen LogP contribution in [-0.4, -0.2) is 23.3 Å². The summed E-state index contributed by atoms with van der Waals surface area (Å²) in [5.74, 6) is 1.41. The van der Waals surface area contributed by atoms with Crippen molar-refractivity contribution in [2.24, 2.45) is 0 Å². The zero-order valence-corrected chi connectivity index (χ0v) is 18.2. The predicted octanol–water partition coefficient (Wildman–Crippen LogP) is 5.54. The van der Waals surface area contributed by atoms with Crippen molar-refractivity contribution in [1.82, 2.24) is 0 Å². The fourth-order valence-corrected chi connectivity index (χ4v) is 5.09. The molecule has 0 radical (unpaired) electrons. The molecule has 1 spiro atoms. The number of hydrogen-bond acceptors (Lipinski definition) is 4. The summed E-state index contributed by atoms with van der Waals surface area (Å²) >= 11 is 3.79. The Morgan fingerprint density at radius 2 is 1.86 bits per heavy atom. The smallest absolute Gasteiger partial charge is 0.251 e. The average Bonchev–Trinajstić information content (AvgIpc) is 3.12. The van der Waals surface area contributed by atoms with Crippen LogP contribution >= 0.6 is 15.9 Å². The monoisotopic (exact) mass is 458 g/mol. The van der Waals surface area contributed by atoms with Gasteiger partial charge >= 0.3 is 0 Å². The third kappa shape index (κ3) is 4.05. The SMILES string of the molecule is BrC(COCc1ccccc1)C1Cc2c(ccc3c2OC2(CCCCC2)O3)CO1. The number of alkyl halides is 1. The highest BCUT2D eigenvalue weighted by Gasteiger charge is 2.44. The molecule has 2 unspecified atom stereocenters. The second-order valence-electron chi connectivity index (χ2n) is 8.28. The van der Waals surface area contributed by atoms with Crippen molar-refractivity contribution in [3.05, 3.63) is 59.2 Å². The van der Waals surface area contributed by atoms with E-state index in [2.05, 4.69) is 40.2 Å². The van der Waals surface area contributed by atoms with Gasteiger partial charge in [0.05, 0.1) is 30.8 Å². The number of hydrogen-bond donors (Lipinski definition) is 0. The van der Waals surface area contributed by atoms with Crippen LogP contribution in [0.25, 0.3) is 0 Å². The van der Waals surface area contributed by atoms with Crippen molar-refractivity contribution in [2.75, 3.05) is 6.61 Å². The summed E-state index contributed by atoms with van der Waals surface area (Å²) in [5.41, 5.74) is 3.64. The molecule has 1 aliphatic carbocycles. The van der Waals surface area contributed by atoms with Crippen molar-refractivity contribution in [1.29, 1.82) is 0 Å². The topological polar surface area (TPSA) is 36.9 Å². The van der Waals surface area contributed by atoms with Crippen LogP contribution in [0.3, 0.4) is 0 Å². The summed E-state index contributed by atoms with van der Waals surface area (Å²) in [6.45, 7) is 1.82. The lowest BCUT2D eigenvalue weighted by Gasteiger charge is -2.32. The molecule has 3 aliphatic rings. The van der Waals surface area contributed by atoms with Crippen LogP contribution in [0.4, 0.5) is 0 Å². The number of ether oxygens (including phenoxy) is 4. The number of halogens is 1. The van der Waals surface area contributed by atoms with Crippen molar-refractivity contribution in [3.8, 4) is 11.5 Å². The van der Waals surface area contributed by atoms with Crippen molar-refractivity contribution < 1.29 is 18.9 Å². The first-order valence-electron chi connectivity index (χ1n) is 10.6. The maximum Gasteiger partial charge on any atom is 0.251 e. The molecule has 4 nitrogen and oxygen atoms in total. The maximum atomic E-state index is 6.48. The van der Waals surface area contributed by atoms with E-state index in [1.54, 1.807) is 0 Å². The highest BCUT2D eigenvalue weighted by atomic mass is 79.9. The van der Waals surface area contributed by atoms with Gasteiger partial charge in [0, 0.05) is 24.8 Å². The lowest BCUT2D eigenvalue weighted by Crippen LogP contribution is -2.40. The van der Waals surface area contributed by atoms with Crippen molar-refractivity contribution >= 4 is 15.9 Å². The van der Waals surface area contributed by atoms with Crippen LogP contribution in [0, 0.1) is 0 Å². The highest BCUT2D eigenvalue weighted by Crippen LogP contribution is 2.49. The van der Waals surface area contributed by atoms with Gasteiger partial charge in [0.25, 0.3) is 5.79 Å². The lowest BCUT2D eigenvalue weighted by molar-refractivity contribution is -0.106. The summed E-state index contributed by atoms with van der Waals surface area (Å²) < 4.78 is 24.9. The van der Waals surface area contributed by atoms with E-state index in [0.29, 0.717) is 19.8 Å². The molecule has 29 heavy (non-hydrogen) atoms. The Balaban J connectivity index is 1.24. The third-order valence-corrected chi connectivity index (χ3v) is 7.03. The van der Waals surface area contributed by atoms with E-state index in [0.717, 1.165) is 30.8 Å². The van der Waals surface area contributed by atoms with Gasteiger partial charge in [0.2, 0.25) is 0 Å². The Labute approximate surface area is 180 Å². The van der Waals surface area contributed by atoms with E-state index in [-0.39, 0.29) is 10.9 Å². The zero-order chi connectivity index (χ0) is 19.7. The quantitative estimate of drug-likeness (QED) is 0.551. The van der Waals surface area contributed by atoms with Gasteiger partial charge in [-0.25, -0.2) is 0 Å². The van der Waals surface area contributed by atoms with E-state index in [9.17, 15) is 0 Å². The van der Waals surface area contributed by atoms with E-state index in [1.807, 2.05) is 18.2 Å². The molecule has 0 N–H and O–H groups in total. The molecular formula is C24H27BrO4. The molecule has 5 heteroatoms. The van der Waals surface area contributed by atoms with Crippen LogP contribution in [0.2, 0.25) is 0 Å². The minimum atomic E-state index is -0.434. The molecule has 0 bridgehead atoms. The second kappa shape index (κ2) is 8.29. The van der Waals surface area contributed by atoms with Crippen LogP contribution < -0.4 is 9.47 Å². The van der Waals surface area contributed by atoms with Crippen LogP contribution in [0.5, 0.6) is 11.5 Å². The van der Waals surface area contributed by atoms with E-state index in [4.69, 9.17) is 18.9 Å². The lowest BCUT2D eigenvalue weighted by atomic mass is 9.94. The first kappa shape index (κ1) is 19.4. The number of benzene rings is 2. The van der Waals surface area contributed by atoms with Gasteiger partial charge in [0.1, 0.15) is 0 Å². The van der Waals surface area contributed by atoms with E-state index < -0.39 is 5.79 Å². The van der Waals surface area contributed by atoms with Gasteiger partial charge in [-0.15, -0.1) is 0 Å². The zero-order valence-electron chi connectivity index (χ0n) is 16.6. The fourth-order valence-electron chi connectivity index (χ4n) is 4.56.